The van der Waals surface area contributed by atoms with E-state index in [-0.39, 0.29) is 6.42 Å². The number of rotatable bonds is 6. The molecule has 27 heavy (non-hydrogen) atoms. The van der Waals surface area contributed by atoms with Gasteiger partial charge in [-0.05, 0) is 6.92 Å². The molecule has 0 radical (unpaired) electrons. The van der Waals surface area contributed by atoms with Gasteiger partial charge < -0.3 is 44.7 Å². The first kappa shape index (κ1) is 22.0. The SMILES string of the molecule is CO[C@H]1CC(O)[C@H](O[C@@H]2C(NC(C)=O)C(C)OC(CO)[C@H]2O)OC1C(=O)O. The topological polar surface area (TPSA) is 164 Å². The fourth-order valence-corrected chi connectivity index (χ4v) is 3.39. The molecule has 0 spiro atoms. The molecular weight excluding hydrogens is 366 g/mol. The van der Waals surface area contributed by atoms with E-state index in [1.165, 1.54) is 14.0 Å². The average Bonchev–Trinajstić information content (AvgIpc) is 2.61. The van der Waals surface area contributed by atoms with E-state index < -0.39 is 73.5 Å². The molecule has 0 aromatic heterocycles. The highest BCUT2D eigenvalue weighted by Crippen LogP contribution is 2.29. The highest BCUT2D eigenvalue weighted by atomic mass is 16.7. The van der Waals surface area contributed by atoms with Crippen LogP contribution in [0.1, 0.15) is 20.3 Å². The number of carbonyl (C=O) groups is 2. The first-order valence-electron chi connectivity index (χ1n) is 8.65. The van der Waals surface area contributed by atoms with Crippen LogP contribution >= 0.6 is 0 Å². The highest BCUT2D eigenvalue weighted by Gasteiger charge is 2.49. The van der Waals surface area contributed by atoms with Crippen LogP contribution in [0.25, 0.3) is 0 Å². The van der Waals surface area contributed by atoms with E-state index in [4.69, 9.17) is 18.9 Å². The number of aliphatic hydroxyl groups excluding tert-OH is 3. The van der Waals surface area contributed by atoms with E-state index in [9.17, 15) is 30.0 Å². The molecule has 2 saturated heterocycles. The Hall–Kier alpha value is -1.34. The maximum absolute atomic E-state index is 11.5. The Bertz CT molecular complexity index is 531. The summed E-state index contributed by atoms with van der Waals surface area (Å²) in [5, 5.41) is 42.1. The molecule has 5 unspecified atom stereocenters. The third-order valence-electron chi connectivity index (χ3n) is 4.76. The summed E-state index contributed by atoms with van der Waals surface area (Å²) in [5.41, 5.74) is 0. The first-order valence-corrected chi connectivity index (χ1v) is 8.65. The Morgan fingerprint density at radius 2 is 1.93 bits per heavy atom. The molecule has 5 N–H and O–H groups in total. The predicted molar refractivity (Wildman–Crippen MR) is 87.6 cm³/mol. The maximum atomic E-state index is 11.5. The number of aliphatic carboxylic acids is 1. The van der Waals surface area contributed by atoms with Gasteiger partial charge in [-0.3, -0.25) is 4.79 Å². The van der Waals surface area contributed by atoms with Gasteiger partial charge in [0.2, 0.25) is 5.91 Å². The molecule has 0 aromatic carbocycles. The number of aliphatic hydroxyl groups is 3. The normalized spacial score (nSPS) is 42.5. The molecule has 2 rings (SSSR count). The minimum Gasteiger partial charge on any atom is -0.479 e. The Labute approximate surface area is 156 Å². The van der Waals surface area contributed by atoms with Crippen LogP contribution in [-0.4, -0.2) is 101 Å². The quantitative estimate of drug-likeness (QED) is 0.328. The highest BCUT2D eigenvalue weighted by molar-refractivity contribution is 5.73. The molecule has 0 aromatic rings. The second-order valence-electron chi connectivity index (χ2n) is 6.72. The lowest BCUT2D eigenvalue weighted by Gasteiger charge is -2.46. The van der Waals surface area contributed by atoms with E-state index in [1.807, 2.05) is 0 Å². The number of amides is 1. The van der Waals surface area contributed by atoms with Crippen LogP contribution in [0, 0.1) is 0 Å². The first-order chi connectivity index (χ1) is 12.7. The van der Waals surface area contributed by atoms with Gasteiger partial charge >= 0.3 is 5.97 Å². The molecule has 2 heterocycles. The number of methoxy groups -OCH3 is 1. The van der Waals surface area contributed by atoms with E-state index >= 15 is 0 Å². The number of ether oxygens (including phenoxy) is 4. The zero-order valence-electron chi connectivity index (χ0n) is 15.3. The molecule has 0 saturated carbocycles. The molecule has 11 heteroatoms. The van der Waals surface area contributed by atoms with Crippen molar-refractivity contribution in [2.24, 2.45) is 0 Å². The van der Waals surface area contributed by atoms with E-state index in [0.717, 1.165) is 0 Å². The lowest BCUT2D eigenvalue weighted by molar-refractivity contribution is -0.308. The number of carboxylic acid groups (broad SMARTS) is 1. The minimum atomic E-state index is -1.38. The van der Waals surface area contributed by atoms with Crippen LogP contribution in [0.4, 0.5) is 0 Å². The summed E-state index contributed by atoms with van der Waals surface area (Å²) >= 11 is 0. The van der Waals surface area contributed by atoms with E-state index in [0.29, 0.717) is 0 Å². The summed E-state index contributed by atoms with van der Waals surface area (Å²) in [5.74, 6) is -1.68. The van der Waals surface area contributed by atoms with Crippen LogP contribution in [-0.2, 0) is 28.5 Å². The van der Waals surface area contributed by atoms with Crippen LogP contribution in [0.5, 0.6) is 0 Å². The Morgan fingerprint density at radius 3 is 2.44 bits per heavy atom. The van der Waals surface area contributed by atoms with Crippen molar-refractivity contribution in [2.45, 2.75) is 75.3 Å². The van der Waals surface area contributed by atoms with Crippen molar-refractivity contribution < 1.29 is 49.0 Å². The summed E-state index contributed by atoms with van der Waals surface area (Å²) in [6.07, 6.45) is -8.94. The largest absolute Gasteiger partial charge is 0.479 e. The van der Waals surface area contributed by atoms with Gasteiger partial charge in [-0.1, -0.05) is 0 Å². The molecule has 0 aliphatic carbocycles. The van der Waals surface area contributed by atoms with Gasteiger partial charge in [0.15, 0.2) is 12.4 Å². The lowest BCUT2D eigenvalue weighted by atomic mass is 9.92. The van der Waals surface area contributed by atoms with Gasteiger partial charge in [0, 0.05) is 20.5 Å². The second-order valence-corrected chi connectivity index (χ2v) is 6.72. The van der Waals surface area contributed by atoms with Gasteiger partial charge in [-0.15, -0.1) is 0 Å². The van der Waals surface area contributed by atoms with Crippen LogP contribution in [0.15, 0.2) is 0 Å². The molecule has 2 fully saturated rings. The number of nitrogens with one attached hydrogen (secondary N) is 1. The average molecular weight is 393 g/mol. The van der Waals surface area contributed by atoms with Gasteiger partial charge in [0.05, 0.1) is 24.9 Å². The molecule has 9 atom stereocenters. The molecule has 156 valence electrons. The summed E-state index contributed by atoms with van der Waals surface area (Å²) in [6.45, 7) is 2.42. The number of carbonyl (C=O) groups excluding carboxylic acids is 1. The van der Waals surface area contributed by atoms with Crippen molar-refractivity contribution in [1.29, 1.82) is 0 Å². The Balaban J connectivity index is 2.21. The van der Waals surface area contributed by atoms with Gasteiger partial charge in [-0.2, -0.15) is 0 Å². The number of hydrogen-bond acceptors (Lipinski definition) is 9. The lowest BCUT2D eigenvalue weighted by Crippen LogP contribution is -2.66. The van der Waals surface area contributed by atoms with Crippen molar-refractivity contribution in [3.8, 4) is 0 Å². The van der Waals surface area contributed by atoms with Gasteiger partial charge in [0.25, 0.3) is 0 Å². The van der Waals surface area contributed by atoms with Crippen LogP contribution in [0.3, 0.4) is 0 Å². The van der Waals surface area contributed by atoms with Crippen LogP contribution in [0.2, 0.25) is 0 Å². The van der Waals surface area contributed by atoms with Gasteiger partial charge in [-0.25, -0.2) is 4.79 Å². The Kier molecular flexibility index (Phi) is 7.51. The standard InChI is InChI=1S/C16H27NO10/c1-6-11(17-7(2)19)14(12(21)10(5-18)25-6)27-16-8(20)4-9(24-3)13(26-16)15(22)23/h6,8-14,16,18,20-21H,4-5H2,1-3H3,(H,17,19)(H,22,23)/t6?,8?,9-,10?,11?,12+,13?,14+,16-/m0/s1. The summed E-state index contributed by atoms with van der Waals surface area (Å²) in [7, 11) is 1.31. The summed E-state index contributed by atoms with van der Waals surface area (Å²) in [4.78, 5) is 22.9. The summed E-state index contributed by atoms with van der Waals surface area (Å²) < 4.78 is 21.6. The fourth-order valence-electron chi connectivity index (χ4n) is 3.39. The molecule has 0 bridgehead atoms. The van der Waals surface area contributed by atoms with Crippen LogP contribution < -0.4 is 5.32 Å². The van der Waals surface area contributed by atoms with Crippen molar-refractivity contribution in [3.63, 3.8) is 0 Å². The maximum Gasteiger partial charge on any atom is 0.335 e. The molecule has 2 aliphatic heterocycles. The van der Waals surface area contributed by atoms with Crippen molar-refractivity contribution in [3.05, 3.63) is 0 Å². The van der Waals surface area contributed by atoms with Gasteiger partial charge in [0.1, 0.15) is 24.4 Å². The molecule has 1 amide bonds. The third kappa shape index (κ3) is 4.93. The monoisotopic (exact) mass is 393 g/mol. The van der Waals surface area contributed by atoms with Crippen molar-refractivity contribution in [1.82, 2.24) is 5.32 Å². The number of carboxylic acids is 1. The zero-order chi connectivity index (χ0) is 20.3. The molecular formula is C16H27NO10. The second kappa shape index (κ2) is 9.24. The molecule has 2 aliphatic rings. The Morgan fingerprint density at radius 1 is 1.26 bits per heavy atom. The minimum absolute atomic E-state index is 0.0543. The molecule has 11 nitrogen and oxygen atoms in total. The van der Waals surface area contributed by atoms with Crippen molar-refractivity contribution in [2.75, 3.05) is 13.7 Å². The fraction of sp³-hybridized carbons (Fsp3) is 0.875. The third-order valence-corrected chi connectivity index (χ3v) is 4.76. The summed E-state index contributed by atoms with van der Waals surface area (Å²) in [6, 6.07) is -0.806. The van der Waals surface area contributed by atoms with E-state index in [1.54, 1.807) is 6.92 Å². The predicted octanol–water partition coefficient (Wildman–Crippen LogP) is -2.41. The zero-order valence-corrected chi connectivity index (χ0v) is 15.3. The number of hydrogen-bond donors (Lipinski definition) is 5. The van der Waals surface area contributed by atoms with Crippen molar-refractivity contribution >= 4 is 11.9 Å². The smallest absolute Gasteiger partial charge is 0.335 e. The van der Waals surface area contributed by atoms with E-state index in [2.05, 4.69) is 5.32 Å².